The fourth-order valence-corrected chi connectivity index (χ4v) is 5.96. The van der Waals surface area contributed by atoms with E-state index in [1.807, 2.05) is 16.8 Å². The van der Waals surface area contributed by atoms with Crippen LogP contribution in [0.3, 0.4) is 0 Å². The summed E-state index contributed by atoms with van der Waals surface area (Å²) in [7, 11) is -5.21. The SMILES string of the molecule is CN1CCN(S(=O)(=O)c2ccc(N3CCCC(CNS(C)(=O)=O)C3)c([N+](=O)[O-])c2)CC1. The molecule has 11 nitrogen and oxygen atoms in total. The first-order valence-corrected chi connectivity index (χ1v) is 13.5. The molecule has 0 aromatic heterocycles. The van der Waals surface area contributed by atoms with Crippen LogP contribution in [-0.2, 0) is 20.0 Å². The van der Waals surface area contributed by atoms with Gasteiger partial charge in [-0.3, -0.25) is 10.1 Å². The molecule has 1 aromatic carbocycles. The van der Waals surface area contributed by atoms with Crippen molar-refractivity contribution in [1.82, 2.24) is 13.9 Å². The summed E-state index contributed by atoms with van der Waals surface area (Å²) < 4.78 is 52.6. The van der Waals surface area contributed by atoms with E-state index in [0.29, 0.717) is 45.0 Å². The van der Waals surface area contributed by atoms with Gasteiger partial charge in [-0.25, -0.2) is 21.6 Å². The molecule has 1 unspecified atom stereocenters. The van der Waals surface area contributed by atoms with Crippen molar-refractivity contribution in [2.45, 2.75) is 17.7 Å². The predicted molar refractivity (Wildman–Crippen MR) is 117 cm³/mol. The average Bonchev–Trinajstić information content (AvgIpc) is 2.72. The summed E-state index contributed by atoms with van der Waals surface area (Å²) in [4.78, 5) is 15.0. The quantitative estimate of drug-likeness (QED) is 0.440. The molecule has 0 spiro atoms. The molecule has 2 heterocycles. The molecular weight excluding hydrogens is 446 g/mol. The van der Waals surface area contributed by atoms with Gasteiger partial charge in [-0.1, -0.05) is 0 Å². The van der Waals surface area contributed by atoms with Gasteiger partial charge >= 0.3 is 0 Å². The van der Waals surface area contributed by atoms with Gasteiger partial charge in [0.05, 0.1) is 16.1 Å². The van der Waals surface area contributed by atoms with Gasteiger partial charge in [0.15, 0.2) is 0 Å². The number of hydrogen-bond donors (Lipinski definition) is 1. The number of nitrogens with one attached hydrogen (secondary N) is 1. The first-order valence-electron chi connectivity index (χ1n) is 10.1. The maximum absolute atomic E-state index is 13.0. The molecule has 0 aliphatic carbocycles. The number of piperidine rings is 1. The molecule has 174 valence electrons. The van der Waals surface area contributed by atoms with Crippen LogP contribution in [0.2, 0.25) is 0 Å². The molecule has 1 N–H and O–H groups in total. The Morgan fingerprint density at radius 3 is 2.42 bits per heavy atom. The van der Waals surface area contributed by atoms with Crippen LogP contribution >= 0.6 is 0 Å². The van der Waals surface area contributed by atoms with Gasteiger partial charge < -0.3 is 9.80 Å². The second-order valence-electron chi connectivity index (χ2n) is 8.19. The topological polar surface area (TPSA) is 133 Å². The highest BCUT2D eigenvalue weighted by Crippen LogP contribution is 2.34. The number of piperazine rings is 1. The third-order valence-corrected chi connectivity index (χ3v) is 8.32. The largest absolute Gasteiger partial charge is 0.366 e. The van der Waals surface area contributed by atoms with Crippen molar-refractivity contribution in [3.8, 4) is 0 Å². The molecule has 0 radical (unpaired) electrons. The Kier molecular flexibility index (Phi) is 7.21. The van der Waals surface area contributed by atoms with Gasteiger partial charge in [0.2, 0.25) is 20.0 Å². The summed E-state index contributed by atoms with van der Waals surface area (Å²) >= 11 is 0. The molecule has 2 aliphatic heterocycles. The number of nitro groups is 1. The van der Waals surface area contributed by atoms with E-state index < -0.39 is 25.0 Å². The van der Waals surface area contributed by atoms with E-state index in [4.69, 9.17) is 0 Å². The van der Waals surface area contributed by atoms with Crippen LogP contribution in [0.1, 0.15) is 12.8 Å². The molecular formula is C18H29N5O6S2. The second-order valence-corrected chi connectivity index (χ2v) is 12.0. The van der Waals surface area contributed by atoms with Crippen LogP contribution in [0.4, 0.5) is 11.4 Å². The fraction of sp³-hybridized carbons (Fsp3) is 0.667. The van der Waals surface area contributed by atoms with E-state index in [1.165, 1.54) is 16.4 Å². The minimum atomic E-state index is -3.82. The van der Waals surface area contributed by atoms with E-state index in [1.54, 1.807) is 0 Å². The highest BCUT2D eigenvalue weighted by Gasteiger charge is 2.31. The number of rotatable bonds is 7. The minimum Gasteiger partial charge on any atom is -0.366 e. The molecule has 3 rings (SSSR count). The van der Waals surface area contributed by atoms with Crippen LogP contribution < -0.4 is 9.62 Å². The summed E-state index contributed by atoms with van der Waals surface area (Å²) in [5.74, 6) is 0.0110. The van der Waals surface area contributed by atoms with Crippen molar-refractivity contribution < 1.29 is 21.8 Å². The molecule has 1 aromatic rings. The summed E-state index contributed by atoms with van der Waals surface area (Å²) in [5, 5.41) is 11.8. The summed E-state index contributed by atoms with van der Waals surface area (Å²) in [6.45, 7) is 3.20. The lowest BCUT2D eigenvalue weighted by Gasteiger charge is -2.34. The standard InChI is InChI=1S/C18H29N5O6S2/c1-20-8-10-22(11-9-20)31(28,29)16-5-6-17(18(12-16)23(24)25)21-7-3-4-15(14-21)13-19-30(2,26)27/h5-6,12,15,19H,3-4,7-11,13-14H2,1-2H3. The second kappa shape index (κ2) is 9.36. The third kappa shape index (κ3) is 5.92. The van der Waals surface area contributed by atoms with Crippen LogP contribution in [-0.4, -0.2) is 90.1 Å². The molecule has 0 bridgehead atoms. The lowest BCUT2D eigenvalue weighted by molar-refractivity contribution is -0.384. The van der Waals surface area contributed by atoms with Crippen LogP contribution in [0.15, 0.2) is 23.1 Å². The lowest BCUT2D eigenvalue weighted by atomic mass is 9.97. The highest BCUT2D eigenvalue weighted by atomic mass is 32.2. The molecule has 31 heavy (non-hydrogen) atoms. The summed E-state index contributed by atoms with van der Waals surface area (Å²) in [6.07, 6.45) is 2.66. The van der Waals surface area contributed by atoms with Gasteiger partial charge in [-0.2, -0.15) is 4.31 Å². The Hall–Kier alpha value is -1.80. The Morgan fingerprint density at radius 1 is 1.13 bits per heavy atom. The van der Waals surface area contributed by atoms with Crippen LogP contribution in [0.5, 0.6) is 0 Å². The Bertz CT molecular complexity index is 1020. The average molecular weight is 476 g/mol. The Labute approximate surface area is 183 Å². The van der Waals surface area contributed by atoms with E-state index in [9.17, 15) is 26.9 Å². The van der Waals surface area contributed by atoms with E-state index in [2.05, 4.69) is 4.72 Å². The molecule has 13 heteroatoms. The maximum Gasteiger partial charge on any atom is 0.293 e. The fourth-order valence-electron chi connectivity index (χ4n) is 3.97. The van der Waals surface area contributed by atoms with E-state index in [-0.39, 0.29) is 23.0 Å². The number of benzene rings is 1. The van der Waals surface area contributed by atoms with Gasteiger partial charge in [-0.15, -0.1) is 0 Å². The van der Waals surface area contributed by atoms with Crippen LogP contribution in [0, 0.1) is 16.0 Å². The first kappa shape index (κ1) is 23.9. The van der Waals surface area contributed by atoms with E-state index in [0.717, 1.165) is 25.2 Å². The van der Waals surface area contributed by atoms with Crippen molar-refractivity contribution in [2.75, 3.05) is 64.0 Å². The number of hydrogen-bond acceptors (Lipinski definition) is 8. The van der Waals surface area contributed by atoms with Crippen molar-refractivity contribution in [3.05, 3.63) is 28.3 Å². The monoisotopic (exact) mass is 475 g/mol. The number of nitro benzene ring substituents is 1. The third-order valence-electron chi connectivity index (χ3n) is 5.74. The van der Waals surface area contributed by atoms with Crippen molar-refractivity contribution in [2.24, 2.45) is 5.92 Å². The number of likely N-dealkylation sites (N-methyl/N-ethyl adjacent to an activating group) is 1. The molecule has 1 atom stereocenters. The zero-order valence-electron chi connectivity index (χ0n) is 17.7. The molecule has 0 saturated carbocycles. The number of nitrogens with zero attached hydrogens (tertiary/aromatic N) is 4. The summed E-state index contributed by atoms with van der Waals surface area (Å²) in [5.41, 5.74) is 0.0957. The van der Waals surface area contributed by atoms with Crippen molar-refractivity contribution in [1.29, 1.82) is 0 Å². The van der Waals surface area contributed by atoms with Crippen molar-refractivity contribution >= 4 is 31.4 Å². The minimum absolute atomic E-state index is 0.0110. The first-order chi connectivity index (χ1) is 14.5. The van der Waals surface area contributed by atoms with Gasteiger partial charge in [0, 0.05) is 51.9 Å². The van der Waals surface area contributed by atoms with Gasteiger partial charge in [0.25, 0.3) is 5.69 Å². The molecule has 2 aliphatic rings. The lowest BCUT2D eigenvalue weighted by Crippen LogP contribution is -2.47. The smallest absolute Gasteiger partial charge is 0.293 e. The number of anilines is 1. The molecule has 2 fully saturated rings. The predicted octanol–water partition coefficient (Wildman–Crippen LogP) is 0.297. The van der Waals surface area contributed by atoms with Crippen LogP contribution in [0.25, 0.3) is 0 Å². The molecule has 0 amide bonds. The van der Waals surface area contributed by atoms with Crippen molar-refractivity contribution in [3.63, 3.8) is 0 Å². The Balaban J connectivity index is 1.83. The van der Waals surface area contributed by atoms with E-state index >= 15 is 0 Å². The normalized spacial score (nSPS) is 21.9. The zero-order valence-corrected chi connectivity index (χ0v) is 19.4. The maximum atomic E-state index is 13.0. The highest BCUT2D eigenvalue weighted by molar-refractivity contribution is 7.89. The summed E-state index contributed by atoms with van der Waals surface area (Å²) in [6, 6.07) is 4.06. The zero-order chi connectivity index (χ0) is 22.8. The number of sulfonamides is 2. The molecule has 2 saturated heterocycles. The van der Waals surface area contributed by atoms with Gasteiger partial charge in [-0.05, 0) is 37.9 Å². The van der Waals surface area contributed by atoms with Gasteiger partial charge in [0.1, 0.15) is 5.69 Å². The Morgan fingerprint density at radius 2 is 1.81 bits per heavy atom.